The molecule has 0 radical (unpaired) electrons. The molecule has 1 aromatic heterocycles. The zero-order chi connectivity index (χ0) is 16.9. The number of aromatic nitrogens is 2. The number of hydrogen-bond donors (Lipinski definition) is 2. The summed E-state index contributed by atoms with van der Waals surface area (Å²) in [5.41, 5.74) is 4.08. The van der Waals surface area contributed by atoms with Crippen LogP contribution in [0.15, 0.2) is 60.8 Å². The number of carbonyl (C=O) groups is 1. The molecule has 1 atom stereocenters. The smallest absolute Gasteiger partial charge is 0.255 e. The van der Waals surface area contributed by atoms with Gasteiger partial charge < -0.3 is 5.32 Å². The van der Waals surface area contributed by atoms with Gasteiger partial charge in [-0.2, -0.15) is 5.10 Å². The third-order valence-electron chi connectivity index (χ3n) is 3.51. The summed E-state index contributed by atoms with van der Waals surface area (Å²) in [7, 11) is -0.933. The highest BCUT2D eigenvalue weighted by Gasteiger charge is 2.08. The van der Waals surface area contributed by atoms with Crippen LogP contribution in [0.4, 0.5) is 5.69 Å². The van der Waals surface area contributed by atoms with E-state index in [1.54, 1.807) is 30.7 Å². The van der Waals surface area contributed by atoms with Crippen molar-refractivity contribution in [1.29, 1.82) is 0 Å². The summed E-state index contributed by atoms with van der Waals surface area (Å²) in [5.74, 6) is 0.257. The minimum absolute atomic E-state index is 0.187. The highest BCUT2D eigenvalue weighted by Crippen LogP contribution is 2.19. The molecule has 1 amide bonds. The fourth-order valence-electron chi connectivity index (χ4n) is 2.39. The Morgan fingerprint density at radius 1 is 1.17 bits per heavy atom. The maximum absolute atomic E-state index is 12.4. The van der Waals surface area contributed by atoms with Crippen molar-refractivity contribution in [3.8, 4) is 11.3 Å². The largest absolute Gasteiger partial charge is 0.322 e. The molecule has 5 nitrogen and oxygen atoms in total. The van der Waals surface area contributed by atoms with E-state index in [1.807, 2.05) is 36.4 Å². The number of anilines is 1. The molecule has 0 spiro atoms. The van der Waals surface area contributed by atoms with Crippen LogP contribution < -0.4 is 5.32 Å². The lowest BCUT2D eigenvalue weighted by atomic mass is 10.1. The average molecular weight is 339 g/mol. The quantitative estimate of drug-likeness (QED) is 0.749. The summed E-state index contributed by atoms with van der Waals surface area (Å²) >= 11 is 0. The first-order valence-corrected chi connectivity index (χ1v) is 9.14. The summed E-state index contributed by atoms with van der Waals surface area (Å²) in [6, 6.07) is 16.6. The Labute approximate surface area is 142 Å². The molecule has 6 heteroatoms. The van der Waals surface area contributed by atoms with E-state index in [1.165, 1.54) is 0 Å². The molecule has 0 fully saturated rings. The van der Waals surface area contributed by atoms with Crippen LogP contribution in [0.5, 0.6) is 0 Å². The molecule has 2 N–H and O–H groups in total. The van der Waals surface area contributed by atoms with Crippen molar-refractivity contribution >= 4 is 22.4 Å². The standard InChI is InChI=1S/C18H17N3O2S/c1-24(23)12-13-3-2-4-15(11-13)18(22)20-16-7-5-14(6-8-16)17-9-10-19-21-17/h2-11H,12H2,1H3,(H,19,21)(H,20,22)/t24-/m0/s1. The Hall–Kier alpha value is -2.73. The zero-order valence-electron chi connectivity index (χ0n) is 13.2. The Balaban J connectivity index is 1.71. The van der Waals surface area contributed by atoms with E-state index in [9.17, 15) is 9.00 Å². The molecule has 3 rings (SSSR count). The molecule has 0 unspecified atom stereocenters. The minimum atomic E-state index is -0.933. The van der Waals surface area contributed by atoms with E-state index in [0.29, 0.717) is 17.0 Å². The molecular formula is C18H17N3O2S. The van der Waals surface area contributed by atoms with E-state index < -0.39 is 10.8 Å². The Kier molecular flexibility index (Phi) is 4.86. The van der Waals surface area contributed by atoms with Crippen molar-refractivity contribution in [1.82, 2.24) is 10.2 Å². The van der Waals surface area contributed by atoms with Crippen molar-refractivity contribution in [2.45, 2.75) is 5.75 Å². The molecule has 0 bridgehead atoms. The maximum atomic E-state index is 12.4. The van der Waals surface area contributed by atoms with Crippen molar-refractivity contribution in [3.63, 3.8) is 0 Å². The third kappa shape index (κ3) is 3.97. The minimum Gasteiger partial charge on any atom is -0.322 e. The second kappa shape index (κ2) is 7.23. The molecule has 0 aliphatic heterocycles. The summed E-state index contributed by atoms with van der Waals surface area (Å²) in [6.45, 7) is 0. The maximum Gasteiger partial charge on any atom is 0.255 e. The van der Waals surface area contributed by atoms with Gasteiger partial charge in [-0.15, -0.1) is 0 Å². The SMILES string of the molecule is C[S@](=O)Cc1cccc(C(=O)Nc2ccc(-c3ccn[nH]3)cc2)c1. The molecule has 1 heterocycles. The summed E-state index contributed by atoms with van der Waals surface area (Å²) in [5, 5.41) is 9.69. The number of carbonyl (C=O) groups excluding carboxylic acids is 1. The lowest BCUT2D eigenvalue weighted by Crippen LogP contribution is -2.12. The molecular weight excluding hydrogens is 322 g/mol. The molecule has 2 aromatic carbocycles. The van der Waals surface area contributed by atoms with Crippen LogP contribution >= 0.6 is 0 Å². The van der Waals surface area contributed by atoms with Crippen LogP contribution in [0.25, 0.3) is 11.3 Å². The zero-order valence-corrected chi connectivity index (χ0v) is 14.0. The van der Waals surface area contributed by atoms with Crippen molar-refractivity contribution < 1.29 is 9.00 Å². The number of amides is 1. The second-order valence-electron chi connectivity index (χ2n) is 5.42. The summed E-state index contributed by atoms with van der Waals surface area (Å²) in [6.07, 6.45) is 3.34. The van der Waals surface area contributed by atoms with Gasteiger partial charge in [0.2, 0.25) is 0 Å². The number of aromatic amines is 1. The van der Waals surface area contributed by atoms with Gasteiger partial charge in [-0.05, 0) is 41.5 Å². The first kappa shape index (κ1) is 16.1. The second-order valence-corrected chi connectivity index (χ2v) is 6.85. The molecule has 0 saturated carbocycles. The van der Waals surface area contributed by atoms with Crippen LogP contribution in [0.2, 0.25) is 0 Å². The summed E-state index contributed by atoms with van der Waals surface area (Å²) in [4.78, 5) is 12.4. The topological polar surface area (TPSA) is 74.8 Å². The highest BCUT2D eigenvalue weighted by atomic mass is 32.2. The van der Waals surface area contributed by atoms with E-state index in [2.05, 4.69) is 15.5 Å². The van der Waals surface area contributed by atoms with Crippen molar-refractivity contribution in [3.05, 3.63) is 71.9 Å². The van der Waals surface area contributed by atoms with Gasteiger partial charge in [-0.3, -0.25) is 14.1 Å². The van der Waals surface area contributed by atoms with Gasteiger partial charge in [0.15, 0.2) is 0 Å². The average Bonchev–Trinajstić information content (AvgIpc) is 3.09. The van der Waals surface area contributed by atoms with Gasteiger partial charge in [-0.25, -0.2) is 0 Å². The number of rotatable bonds is 5. The first-order chi connectivity index (χ1) is 11.6. The van der Waals surface area contributed by atoms with Gasteiger partial charge in [0.05, 0.1) is 5.69 Å². The normalized spacial score (nSPS) is 11.9. The molecule has 0 aliphatic carbocycles. The molecule has 3 aromatic rings. The van der Waals surface area contributed by atoms with Crippen LogP contribution in [-0.4, -0.2) is 26.6 Å². The lowest BCUT2D eigenvalue weighted by Gasteiger charge is -2.07. The lowest BCUT2D eigenvalue weighted by molar-refractivity contribution is 0.102. The number of H-pyrrole nitrogens is 1. The van der Waals surface area contributed by atoms with Crippen LogP contribution in [0.3, 0.4) is 0 Å². The van der Waals surface area contributed by atoms with Crippen LogP contribution in [0, 0.1) is 0 Å². The van der Waals surface area contributed by atoms with E-state index in [-0.39, 0.29) is 5.91 Å². The third-order valence-corrected chi connectivity index (χ3v) is 4.25. The van der Waals surface area contributed by atoms with Crippen molar-refractivity contribution in [2.24, 2.45) is 0 Å². The molecule has 24 heavy (non-hydrogen) atoms. The summed E-state index contributed by atoms with van der Waals surface area (Å²) < 4.78 is 11.3. The molecule has 122 valence electrons. The van der Waals surface area contributed by atoms with E-state index in [4.69, 9.17) is 0 Å². The monoisotopic (exact) mass is 339 g/mol. The predicted octanol–water partition coefficient (Wildman–Crippen LogP) is 3.21. The van der Waals surface area contributed by atoms with Gasteiger partial charge in [0.25, 0.3) is 5.91 Å². The fraction of sp³-hybridized carbons (Fsp3) is 0.111. The van der Waals surface area contributed by atoms with Crippen molar-refractivity contribution in [2.75, 3.05) is 11.6 Å². The predicted molar refractivity (Wildman–Crippen MR) is 96.2 cm³/mol. The Morgan fingerprint density at radius 3 is 2.62 bits per heavy atom. The van der Waals surface area contributed by atoms with Gasteiger partial charge >= 0.3 is 0 Å². The van der Waals surface area contributed by atoms with E-state index >= 15 is 0 Å². The number of benzene rings is 2. The van der Waals surface area contributed by atoms with Crippen LogP contribution in [0.1, 0.15) is 15.9 Å². The van der Waals surface area contributed by atoms with Gasteiger partial charge in [0, 0.05) is 40.3 Å². The first-order valence-electron chi connectivity index (χ1n) is 7.42. The Morgan fingerprint density at radius 2 is 1.96 bits per heavy atom. The number of nitrogens with zero attached hydrogens (tertiary/aromatic N) is 1. The Bertz CT molecular complexity index is 858. The number of hydrogen-bond acceptors (Lipinski definition) is 3. The molecule has 0 saturated heterocycles. The highest BCUT2D eigenvalue weighted by molar-refractivity contribution is 7.83. The van der Waals surface area contributed by atoms with Gasteiger partial charge in [0.1, 0.15) is 0 Å². The van der Waals surface area contributed by atoms with Crippen LogP contribution in [-0.2, 0) is 16.6 Å². The van der Waals surface area contributed by atoms with E-state index in [0.717, 1.165) is 16.8 Å². The number of nitrogens with one attached hydrogen (secondary N) is 2. The van der Waals surface area contributed by atoms with Gasteiger partial charge in [-0.1, -0.05) is 24.3 Å². The fourth-order valence-corrected chi connectivity index (χ4v) is 3.04. The molecule has 0 aliphatic rings.